The molecule has 34 heavy (non-hydrogen) atoms. The van der Waals surface area contributed by atoms with Gasteiger partial charge in [0.05, 0.1) is 12.1 Å². The van der Waals surface area contributed by atoms with Crippen molar-refractivity contribution in [3.63, 3.8) is 0 Å². The number of halogens is 3. The molecular weight excluding hydrogens is 447 g/mol. The summed E-state index contributed by atoms with van der Waals surface area (Å²) in [5, 5.41) is 0. The van der Waals surface area contributed by atoms with E-state index in [0.29, 0.717) is 16.8 Å². The Morgan fingerprint density at radius 2 is 1.85 bits per heavy atom. The van der Waals surface area contributed by atoms with Crippen molar-refractivity contribution in [1.29, 1.82) is 0 Å². The Labute approximate surface area is 192 Å². The Morgan fingerprint density at radius 3 is 2.44 bits per heavy atom. The van der Waals surface area contributed by atoms with Gasteiger partial charge in [0.1, 0.15) is 11.5 Å². The molecule has 10 heteroatoms. The van der Waals surface area contributed by atoms with Gasteiger partial charge < -0.3 is 5.73 Å². The van der Waals surface area contributed by atoms with Crippen molar-refractivity contribution in [3.8, 4) is 11.4 Å². The van der Waals surface area contributed by atoms with Crippen molar-refractivity contribution in [3.05, 3.63) is 70.9 Å². The molecule has 0 spiro atoms. The molecule has 2 amide bonds. The minimum absolute atomic E-state index is 0.0341. The molecule has 7 nitrogen and oxygen atoms in total. The fraction of sp³-hybridized carbons (Fsp3) is 0.208. The Morgan fingerprint density at radius 1 is 1.15 bits per heavy atom. The van der Waals surface area contributed by atoms with E-state index in [2.05, 4.69) is 15.0 Å². The van der Waals surface area contributed by atoms with Crippen molar-refractivity contribution in [2.24, 2.45) is 10.7 Å². The van der Waals surface area contributed by atoms with Crippen LogP contribution in [0.5, 0.6) is 0 Å². The number of rotatable bonds is 5. The van der Waals surface area contributed by atoms with Crippen LogP contribution in [0, 0.1) is 0 Å². The van der Waals surface area contributed by atoms with Gasteiger partial charge in [0.2, 0.25) is 11.4 Å². The highest BCUT2D eigenvalue weighted by molar-refractivity contribution is 6.09. The first-order valence-electron chi connectivity index (χ1n) is 10.5. The van der Waals surface area contributed by atoms with Crippen LogP contribution in [0.1, 0.15) is 34.1 Å². The normalized spacial score (nSPS) is 18.8. The van der Waals surface area contributed by atoms with Crippen LogP contribution in [0.15, 0.2) is 53.5 Å². The van der Waals surface area contributed by atoms with E-state index in [9.17, 15) is 22.8 Å². The number of hydrogen-bond acceptors (Lipinski definition) is 5. The van der Waals surface area contributed by atoms with E-state index >= 15 is 0 Å². The summed E-state index contributed by atoms with van der Waals surface area (Å²) in [5.74, 6) is -0.803. The molecule has 172 valence electrons. The summed E-state index contributed by atoms with van der Waals surface area (Å²) in [6.07, 6.45) is -3.01. The number of anilines is 2. The van der Waals surface area contributed by atoms with Crippen molar-refractivity contribution < 1.29 is 22.8 Å². The van der Waals surface area contributed by atoms with Crippen LogP contribution in [0.4, 0.5) is 24.7 Å². The zero-order valence-corrected chi connectivity index (χ0v) is 17.9. The van der Waals surface area contributed by atoms with Crippen molar-refractivity contribution >= 4 is 29.5 Å². The molecule has 2 aliphatic heterocycles. The zero-order chi connectivity index (χ0) is 24.3. The molecule has 1 aromatic heterocycles. The third kappa shape index (κ3) is 3.33. The fourth-order valence-electron chi connectivity index (χ4n) is 4.08. The summed E-state index contributed by atoms with van der Waals surface area (Å²) >= 11 is 0. The number of fused-ring (bicyclic) bond motifs is 1. The van der Waals surface area contributed by atoms with Gasteiger partial charge in [-0.2, -0.15) is 13.2 Å². The molecule has 1 atom stereocenters. The molecule has 0 bridgehead atoms. The zero-order valence-electron chi connectivity index (χ0n) is 17.9. The number of aromatic nitrogens is 2. The van der Waals surface area contributed by atoms with Gasteiger partial charge in [-0.15, -0.1) is 0 Å². The van der Waals surface area contributed by atoms with Crippen LogP contribution in [-0.4, -0.2) is 34.2 Å². The highest BCUT2D eigenvalue weighted by Gasteiger charge is 2.61. The van der Waals surface area contributed by atoms with E-state index < -0.39 is 17.6 Å². The van der Waals surface area contributed by atoms with Crippen LogP contribution >= 0.6 is 0 Å². The number of primary amides is 1. The fourth-order valence-corrected chi connectivity index (χ4v) is 4.08. The number of carbonyl (C=O) groups is 2. The highest BCUT2D eigenvalue weighted by atomic mass is 19.4. The Balaban J connectivity index is 1.59. The molecule has 0 aliphatic carbocycles. The molecule has 0 saturated carbocycles. The van der Waals surface area contributed by atoms with Gasteiger partial charge in [0, 0.05) is 17.3 Å². The average Bonchev–Trinajstić information content (AvgIpc) is 3.56. The van der Waals surface area contributed by atoms with Gasteiger partial charge in [-0.3, -0.25) is 19.5 Å². The molecule has 3 aromatic rings. The van der Waals surface area contributed by atoms with Gasteiger partial charge in [-0.1, -0.05) is 43.3 Å². The Kier molecular flexibility index (Phi) is 4.78. The number of carbonyl (C=O) groups excluding carboxylic acids is 2. The lowest BCUT2D eigenvalue weighted by atomic mass is 9.96. The van der Waals surface area contributed by atoms with Gasteiger partial charge in [-0.25, -0.2) is 9.97 Å². The largest absolute Gasteiger partial charge is 0.422 e. The van der Waals surface area contributed by atoms with Crippen LogP contribution < -0.4 is 10.6 Å². The van der Waals surface area contributed by atoms with Crippen molar-refractivity contribution in [2.45, 2.75) is 31.5 Å². The third-order valence-corrected chi connectivity index (χ3v) is 5.99. The maximum absolute atomic E-state index is 13.4. The predicted molar refractivity (Wildman–Crippen MR) is 119 cm³/mol. The molecule has 1 unspecified atom stereocenters. The summed E-state index contributed by atoms with van der Waals surface area (Å²) in [6, 6.07) is 12.8. The number of aliphatic imine (C=N–C) groups is 1. The summed E-state index contributed by atoms with van der Waals surface area (Å²) in [5.41, 5.74) is 5.42. The molecular formula is C24H18F3N5O2. The second kappa shape index (κ2) is 7.47. The number of hydrogen-bond donors (Lipinski definition) is 1. The average molecular weight is 465 g/mol. The lowest BCUT2D eigenvalue weighted by Crippen LogP contribution is -2.31. The smallest absolute Gasteiger partial charge is 0.364 e. The van der Waals surface area contributed by atoms with Gasteiger partial charge in [0.15, 0.2) is 5.82 Å². The quantitative estimate of drug-likeness (QED) is 0.618. The lowest BCUT2D eigenvalue weighted by molar-refractivity contribution is -0.156. The SMILES string of the molecule is CCc1cccc(N2C(=O)Cc3c(C(N)=O)nc(-c4ccc(C5(C(F)(F)F)C=N5)cc4)nc32)c1. The third-order valence-electron chi connectivity index (χ3n) is 5.99. The van der Waals surface area contributed by atoms with E-state index in [4.69, 9.17) is 5.73 Å². The topological polar surface area (TPSA) is 102 Å². The lowest BCUT2D eigenvalue weighted by Gasteiger charge is -2.19. The minimum Gasteiger partial charge on any atom is -0.364 e. The molecule has 0 fully saturated rings. The van der Waals surface area contributed by atoms with Crippen LogP contribution in [0.25, 0.3) is 11.4 Å². The molecule has 2 aromatic carbocycles. The van der Waals surface area contributed by atoms with E-state index in [0.717, 1.165) is 18.2 Å². The van der Waals surface area contributed by atoms with Gasteiger partial charge in [-0.05, 0) is 29.7 Å². The summed E-state index contributed by atoms with van der Waals surface area (Å²) < 4.78 is 40.1. The van der Waals surface area contributed by atoms with Gasteiger partial charge in [0.25, 0.3) is 5.91 Å². The number of nitrogens with two attached hydrogens (primary N) is 1. The summed E-state index contributed by atoms with van der Waals surface area (Å²) in [4.78, 5) is 38.7. The molecule has 3 heterocycles. The first-order chi connectivity index (χ1) is 16.1. The maximum atomic E-state index is 13.4. The standard InChI is InChI=1S/C24H18F3N5O2/c1-2-13-4-3-5-16(10-13)32-18(33)11-17-19(20(28)34)30-21(31-22(17)32)14-6-8-15(9-7-14)23(12-29-23)24(25,26)27/h3-10,12H,2,11H2,1H3,(H2,28,34). The number of alkyl halides is 3. The van der Waals surface area contributed by atoms with E-state index in [1.165, 1.54) is 29.2 Å². The Bertz CT molecular complexity index is 1360. The predicted octanol–water partition coefficient (Wildman–Crippen LogP) is 3.87. The van der Waals surface area contributed by atoms with E-state index in [-0.39, 0.29) is 35.2 Å². The van der Waals surface area contributed by atoms with E-state index in [1.807, 2.05) is 25.1 Å². The number of benzene rings is 2. The van der Waals surface area contributed by atoms with Crippen LogP contribution in [0.2, 0.25) is 0 Å². The summed E-state index contributed by atoms with van der Waals surface area (Å²) in [7, 11) is 0. The van der Waals surface area contributed by atoms with Crippen LogP contribution in [-0.2, 0) is 23.2 Å². The first-order valence-corrected chi connectivity index (χ1v) is 10.5. The second-order valence-corrected chi connectivity index (χ2v) is 8.09. The number of amides is 2. The molecule has 5 rings (SSSR count). The second-order valence-electron chi connectivity index (χ2n) is 8.09. The maximum Gasteiger partial charge on any atom is 0.422 e. The number of aryl methyl sites for hydroxylation is 1. The van der Waals surface area contributed by atoms with Crippen molar-refractivity contribution in [2.75, 3.05) is 4.90 Å². The Hall–Kier alpha value is -4.08. The van der Waals surface area contributed by atoms with E-state index in [1.54, 1.807) is 6.07 Å². The molecule has 2 N–H and O–H groups in total. The van der Waals surface area contributed by atoms with Crippen LogP contribution in [0.3, 0.4) is 0 Å². The first kappa shape index (κ1) is 21.7. The highest BCUT2D eigenvalue weighted by Crippen LogP contribution is 2.48. The minimum atomic E-state index is -4.54. The number of nitrogens with zero attached hydrogens (tertiary/aromatic N) is 4. The summed E-state index contributed by atoms with van der Waals surface area (Å²) in [6.45, 7) is 1.99. The molecule has 2 aliphatic rings. The monoisotopic (exact) mass is 465 g/mol. The molecule has 0 radical (unpaired) electrons. The molecule has 0 saturated heterocycles. The van der Waals surface area contributed by atoms with Crippen molar-refractivity contribution in [1.82, 2.24) is 9.97 Å². The van der Waals surface area contributed by atoms with Gasteiger partial charge >= 0.3 is 6.18 Å².